The van der Waals surface area contributed by atoms with Crippen LogP contribution in [0.15, 0.2) is 47.5 Å². The van der Waals surface area contributed by atoms with E-state index in [-0.39, 0.29) is 11.0 Å². The highest BCUT2D eigenvalue weighted by atomic mass is 16.2. The predicted octanol–water partition coefficient (Wildman–Crippen LogP) is 2.58. The third-order valence-corrected chi connectivity index (χ3v) is 2.82. The Hall–Kier alpha value is -2.36. The second kappa shape index (κ2) is 6.00. The van der Waals surface area contributed by atoms with Gasteiger partial charge in [0.05, 0.1) is 0 Å². The lowest BCUT2D eigenvalue weighted by Gasteiger charge is -2.05. The van der Waals surface area contributed by atoms with Crippen molar-refractivity contribution in [1.82, 2.24) is 4.98 Å². The van der Waals surface area contributed by atoms with Gasteiger partial charge in [-0.3, -0.25) is 9.59 Å². The van der Waals surface area contributed by atoms with Crippen LogP contribution in [0.4, 0.5) is 5.69 Å². The summed E-state index contributed by atoms with van der Waals surface area (Å²) in [6.07, 6.45) is 5.01. The number of rotatable bonds is 4. The third kappa shape index (κ3) is 3.31. The van der Waals surface area contributed by atoms with Crippen molar-refractivity contribution in [2.24, 2.45) is 0 Å². The lowest BCUT2D eigenvalue weighted by atomic mass is 10.1. The van der Waals surface area contributed by atoms with Gasteiger partial charge in [-0.25, -0.2) is 0 Å². The molecule has 0 radical (unpaired) electrons. The zero-order valence-electron chi connectivity index (χ0n) is 10.8. The fourth-order valence-electron chi connectivity index (χ4n) is 1.84. The van der Waals surface area contributed by atoms with Crippen LogP contribution in [0.2, 0.25) is 0 Å². The Bertz CT molecular complexity index is 615. The van der Waals surface area contributed by atoms with Gasteiger partial charge in [-0.15, -0.1) is 0 Å². The molecule has 0 aliphatic carbocycles. The highest BCUT2D eigenvalue weighted by molar-refractivity contribution is 6.03. The van der Waals surface area contributed by atoms with Gasteiger partial charge >= 0.3 is 0 Å². The summed E-state index contributed by atoms with van der Waals surface area (Å²) in [5.41, 5.74) is 1.74. The molecular formula is C15H16N2O2. The van der Waals surface area contributed by atoms with E-state index in [9.17, 15) is 9.59 Å². The lowest BCUT2D eigenvalue weighted by Crippen LogP contribution is -2.20. The van der Waals surface area contributed by atoms with Crippen LogP contribution in [-0.4, -0.2) is 10.9 Å². The van der Waals surface area contributed by atoms with Crippen molar-refractivity contribution in [2.45, 2.75) is 19.8 Å². The molecule has 1 aromatic carbocycles. The molecule has 0 unspecified atom stereocenters. The zero-order valence-corrected chi connectivity index (χ0v) is 10.8. The Labute approximate surface area is 111 Å². The standard InChI is InChI=1S/C15H16N2O2/c1-2-3-11-4-6-12(7-5-11)17-15(19)13-10-16-9-8-14(13)18/h4-10H,2-3H2,1H3,(H,16,18)(H,17,19). The average molecular weight is 256 g/mol. The summed E-state index contributed by atoms with van der Waals surface area (Å²) in [7, 11) is 0. The van der Waals surface area contributed by atoms with Crippen LogP contribution < -0.4 is 10.7 Å². The maximum atomic E-state index is 11.9. The second-order valence-electron chi connectivity index (χ2n) is 4.32. The van der Waals surface area contributed by atoms with Crippen molar-refractivity contribution in [3.63, 3.8) is 0 Å². The number of hydrogen-bond donors (Lipinski definition) is 2. The van der Waals surface area contributed by atoms with Crippen LogP contribution in [-0.2, 0) is 6.42 Å². The molecule has 0 saturated heterocycles. The van der Waals surface area contributed by atoms with Gasteiger partial charge < -0.3 is 10.3 Å². The zero-order chi connectivity index (χ0) is 13.7. The van der Waals surface area contributed by atoms with Gasteiger partial charge in [0.2, 0.25) is 0 Å². The predicted molar refractivity (Wildman–Crippen MR) is 75.5 cm³/mol. The molecule has 4 heteroatoms. The number of aryl methyl sites for hydroxylation is 1. The van der Waals surface area contributed by atoms with Gasteiger partial charge in [0.1, 0.15) is 5.56 Å². The van der Waals surface area contributed by atoms with Gasteiger partial charge in [0.15, 0.2) is 5.43 Å². The molecule has 19 heavy (non-hydrogen) atoms. The number of aromatic amines is 1. The molecule has 1 aromatic heterocycles. The molecule has 0 fully saturated rings. The number of H-pyrrole nitrogens is 1. The Kier molecular flexibility index (Phi) is 4.13. The molecule has 0 aliphatic heterocycles. The molecule has 0 bridgehead atoms. The quantitative estimate of drug-likeness (QED) is 0.883. The molecule has 2 aromatic rings. The fourth-order valence-corrected chi connectivity index (χ4v) is 1.84. The van der Waals surface area contributed by atoms with E-state index in [2.05, 4.69) is 17.2 Å². The summed E-state index contributed by atoms with van der Waals surface area (Å²) in [6.45, 7) is 2.12. The molecule has 2 N–H and O–H groups in total. The second-order valence-corrected chi connectivity index (χ2v) is 4.32. The first-order chi connectivity index (χ1) is 9.20. The average Bonchev–Trinajstić information content (AvgIpc) is 2.42. The fraction of sp³-hybridized carbons (Fsp3) is 0.200. The Morgan fingerprint density at radius 2 is 1.95 bits per heavy atom. The number of carbonyl (C=O) groups is 1. The van der Waals surface area contributed by atoms with Crippen molar-refractivity contribution >= 4 is 11.6 Å². The largest absolute Gasteiger partial charge is 0.367 e. The highest BCUT2D eigenvalue weighted by Gasteiger charge is 2.09. The summed E-state index contributed by atoms with van der Waals surface area (Å²) in [6, 6.07) is 8.99. The maximum Gasteiger partial charge on any atom is 0.261 e. The summed E-state index contributed by atoms with van der Waals surface area (Å²) in [5, 5.41) is 2.71. The normalized spacial score (nSPS) is 10.2. The van der Waals surface area contributed by atoms with E-state index >= 15 is 0 Å². The van der Waals surface area contributed by atoms with E-state index in [0.717, 1.165) is 12.8 Å². The summed E-state index contributed by atoms with van der Waals surface area (Å²) >= 11 is 0. The Morgan fingerprint density at radius 1 is 1.21 bits per heavy atom. The number of benzene rings is 1. The van der Waals surface area contributed by atoms with E-state index < -0.39 is 5.91 Å². The molecule has 0 spiro atoms. The smallest absolute Gasteiger partial charge is 0.261 e. The van der Waals surface area contributed by atoms with Crippen LogP contribution in [0.25, 0.3) is 0 Å². The number of hydrogen-bond acceptors (Lipinski definition) is 2. The monoisotopic (exact) mass is 256 g/mol. The number of pyridine rings is 1. The first kappa shape index (κ1) is 13.1. The SMILES string of the molecule is CCCc1ccc(NC(=O)c2c[nH]ccc2=O)cc1. The van der Waals surface area contributed by atoms with Crippen LogP contribution >= 0.6 is 0 Å². The van der Waals surface area contributed by atoms with Crippen LogP contribution in [0.3, 0.4) is 0 Å². The topological polar surface area (TPSA) is 62.0 Å². The summed E-state index contributed by atoms with van der Waals surface area (Å²) < 4.78 is 0. The Morgan fingerprint density at radius 3 is 2.58 bits per heavy atom. The number of aromatic nitrogens is 1. The first-order valence-corrected chi connectivity index (χ1v) is 6.28. The van der Waals surface area contributed by atoms with E-state index in [4.69, 9.17) is 0 Å². The van der Waals surface area contributed by atoms with Gasteiger partial charge in [0.25, 0.3) is 5.91 Å². The van der Waals surface area contributed by atoms with Crippen molar-refractivity contribution in [1.29, 1.82) is 0 Å². The molecular weight excluding hydrogens is 240 g/mol. The van der Waals surface area contributed by atoms with Gasteiger partial charge in [0, 0.05) is 24.1 Å². The van der Waals surface area contributed by atoms with Gasteiger partial charge in [-0.1, -0.05) is 25.5 Å². The number of nitrogens with one attached hydrogen (secondary N) is 2. The molecule has 2 rings (SSSR count). The van der Waals surface area contributed by atoms with Gasteiger partial charge in [-0.05, 0) is 24.1 Å². The van der Waals surface area contributed by atoms with E-state index in [0.29, 0.717) is 5.69 Å². The molecule has 4 nitrogen and oxygen atoms in total. The van der Waals surface area contributed by atoms with Crippen LogP contribution in [0.1, 0.15) is 29.3 Å². The van der Waals surface area contributed by atoms with Crippen molar-refractivity contribution < 1.29 is 4.79 Å². The minimum atomic E-state index is -0.398. The lowest BCUT2D eigenvalue weighted by molar-refractivity contribution is 0.102. The van der Waals surface area contributed by atoms with Crippen molar-refractivity contribution in [3.8, 4) is 0 Å². The first-order valence-electron chi connectivity index (χ1n) is 6.28. The minimum absolute atomic E-state index is 0.111. The molecule has 98 valence electrons. The number of amides is 1. The Balaban J connectivity index is 2.11. The van der Waals surface area contributed by atoms with Crippen molar-refractivity contribution in [3.05, 3.63) is 64.1 Å². The summed E-state index contributed by atoms with van der Waals surface area (Å²) in [4.78, 5) is 26.2. The third-order valence-electron chi connectivity index (χ3n) is 2.82. The highest BCUT2D eigenvalue weighted by Crippen LogP contribution is 2.11. The number of anilines is 1. The number of carbonyl (C=O) groups excluding carboxylic acids is 1. The van der Waals surface area contributed by atoms with E-state index in [1.54, 1.807) is 0 Å². The molecule has 0 aliphatic rings. The van der Waals surface area contributed by atoms with Crippen molar-refractivity contribution in [2.75, 3.05) is 5.32 Å². The van der Waals surface area contributed by atoms with Crippen LogP contribution in [0.5, 0.6) is 0 Å². The van der Waals surface area contributed by atoms with E-state index in [1.165, 1.54) is 24.0 Å². The molecule has 0 atom stereocenters. The van der Waals surface area contributed by atoms with Gasteiger partial charge in [-0.2, -0.15) is 0 Å². The molecule has 1 amide bonds. The summed E-state index contributed by atoms with van der Waals surface area (Å²) in [5.74, 6) is -0.398. The molecule has 1 heterocycles. The van der Waals surface area contributed by atoms with Crippen LogP contribution in [0, 0.1) is 0 Å². The molecule has 0 saturated carbocycles. The van der Waals surface area contributed by atoms with E-state index in [1.807, 2.05) is 24.3 Å². The minimum Gasteiger partial charge on any atom is -0.367 e. The maximum absolute atomic E-state index is 11.9.